The van der Waals surface area contributed by atoms with Gasteiger partial charge in [0.15, 0.2) is 0 Å². The van der Waals surface area contributed by atoms with E-state index >= 15 is 0 Å². The third kappa shape index (κ3) is 4.84. The number of halogens is 1. The normalized spacial score (nSPS) is 12.4. The molecule has 0 saturated heterocycles. The predicted octanol–water partition coefficient (Wildman–Crippen LogP) is 6.31. The van der Waals surface area contributed by atoms with Gasteiger partial charge in [-0.3, -0.25) is 14.1 Å². The Balaban J connectivity index is 0.00000342. The lowest BCUT2D eigenvalue weighted by atomic mass is 10.1. The Labute approximate surface area is 206 Å². The van der Waals surface area contributed by atoms with Gasteiger partial charge in [-0.05, 0) is 57.6 Å². The fraction of sp³-hybridized carbons (Fsp3) is 0.250. The van der Waals surface area contributed by atoms with Crippen molar-refractivity contribution in [1.29, 1.82) is 0 Å². The van der Waals surface area contributed by atoms with Gasteiger partial charge < -0.3 is 9.73 Å². The molecule has 0 fully saturated rings. The van der Waals surface area contributed by atoms with Gasteiger partial charge in [0.05, 0.1) is 27.5 Å². The summed E-state index contributed by atoms with van der Waals surface area (Å²) >= 11 is 6.41. The van der Waals surface area contributed by atoms with Crippen LogP contribution in [0, 0.1) is 6.92 Å². The summed E-state index contributed by atoms with van der Waals surface area (Å²) in [6.07, 6.45) is 1.63. The second-order valence-electron chi connectivity index (χ2n) is 8.12. The van der Waals surface area contributed by atoms with Gasteiger partial charge in [-0.25, -0.2) is 4.98 Å². The highest BCUT2D eigenvalue weighted by Crippen LogP contribution is 2.55. The molecule has 10 heteroatoms. The Morgan fingerprint density at radius 1 is 1.06 bits per heavy atom. The molecule has 2 aromatic heterocycles. The molecule has 0 unspecified atom stereocenters. The second kappa shape index (κ2) is 9.81. The molecule has 34 heavy (non-hydrogen) atoms. The Morgan fingerprint density at radius 3 is 2.38 bits per heavy atom. The molecule has 0 aliphatic rings. The van der Waals surface area contributed by atoms with Crippen LogP contribution in [0.5, 0.6) is 0 Å². The van der Waals surface area contributed by atoms with Crippen LogP contribution in [0.4, 0.5) is 0 Å². The maximum absolute atomic E-state index is 10.5. The molecule has 0 spiro atoms. The Kier molecular flexibility index (Phi) is 7.01. The molecule has 4 aromatic rings. The van der Waals surface area contributed by atoms with Crippen molar-refractivity contribution >= 4 is 22.2 Å². The first-order chi connectivity index (χ1) is 16.2. The first-order valence-electron chi connectivity index (χ1n) is 10.7. The molecular formula is C24H28ClN5O3S. The van der Waals surface area contributed by atoms with E-state index in [4.69, 9.17) is 16.0 Å². The van der Waals surface area contributed by atoms with Gasteiger partial charge in [0, 0.05) is 24.3 Å². The number of rotatable bonds is 7. The summed E-state index contributed by atoms with van der Waals surface area (Å²) in [4.78, 5) is 9.44. The quantitative estimate of drug-likeness (QED) is 0.270. The van der Waals surface area contributed by atoms with E-state index < -0.39 is 10.6 Å². The van der Waals surface area contributed by atoms with Crippen LogP contribution >= 0.6 is 22.2 Å². The first-order valence-corrected chi connectivity index (χ1v) is 12.7. The minimum atomic E-state index is -3.00. The largest absolute Gasteiger partial charge is 0.415 e. The van der Waals surface area contributed by atoms with E-state index in [0.717, 1.165) is 17.7 Å². The van der Waals surface area contributed by atoms with Crippen LogP contribution in [0.15, 0.2) is 58.0 Å². The van der Waals surface area contributed by atoms with Crippen molar-refractivity contribution in [2.45, 2.75) is 37.5 Å². The average Bonchev–Trinajstić information content (AvgIpc) is 3.30. The van der Waals surface area contributed by atoms with Gasteiger partial charge in [0.1, 0.15) is 5.69 Å². The SMILES string of the molecule is CNCc1ccc(-c2nnc(-c3nc(-c4ccc(S(O)(O)C(C)C)c(Cl)c4)cnc3C)o2)cc1.[HH]. The number of aromatic nitrogens is 4. The van der Waals surface area contributed by atoms with Crippen molar-refractivity contribution in [1.82, 2.24) is 25.5 Å². The number of hydrogen-bond donors (Lipinski definition) is 3. The average molecular weight is 502 g/mol. The summed E-state index contributed by atoms with van der Waals surface area (Å²) < 4.78 is 26.8. The lowest BCUT2D eigenvalue weighted by Gasteiger charge is -2.37. The van der Waals surface area contributed by atoms with Gasteiger partial charge in [-0.1, -0.05) is 29.8 Å². The number of aryl methyl sites for hydroxylation is 1. The maximum atomic E-state index is 10.5. The first kappa shape index (κ1) is 24.3. The predicted molar refractivity (Wildman–Crippen MR) is 137 cm³/mol. The number of nitrogens with one attached hydrogen (secondary N) is 1. The van der Waals surface area contributed by atoms with Crippen LogP contribution in [0.25, 0.3) is 34.3 Å². The number of hydrogen-bond acceptors (Lipinski definition) is 8. The van der Waals surface area contributed by atoms with Crippen molar-refractivity contribution in [2.24, 2.45) is 0 Å². The van der Waals surface area contributed by atoms with Gasteiger partial charge >= 0.3 is 0 Å². The molecule has 2 heterocycles. The monoisotopic (exact) mass is 501 g/mol. The molecule has 0 amide bonds. The third-order valence-corrected chi connectivity index (χ3v) is 8.12. The van der Waals surface area contributed by atoms with Crippen molar-refractivity contribution in [3.63, 3.8) is 0 Å². The van der Waals surface area contributed by atoms with Crippen molar-refractivity contribution in [3.05, 3.63) is 64.9 Å². The highest BCUT2D eigenvalue weighted by molar-refractivity contribution is 8.24. The molecule has 0 radical (unpaired) electrons. The highest BCUT2D eigenvalue weighted by atomic mass is 35.5. The second-order valence-corrected chi connectivity index (χ2v) is 11.1. The minimum Gasteiger partial charge on any atom is -0.415 e. The lowest BCUT2D eigenvalue weighted by molar-refractivity contribution is 0.476. The van der Waals surface area contributed by atoms with E-state index in [1.54, 1.807) is 38.2 Å². The topological polar surface area (TPSA) is 117 Å². The van der Waals surface area contributed by atoms with E-state index in [0.29, 0.717) is 33.4 Å². The van der Waals surface area contributed by atoms with Crippen LogP contribution in [0.3, 0.4) is 0 Å². The molecule has 8 nitrogen and oxygen atoms in total. The van der Waals surface area contributed by atoms with Gasteiger partial charge in [-0.15, -0.1) is 10.2 Å². The van der Waals surface area contributed by atoms with E-state index in [1.165, 1.54) is 0 Å². The smallest absolute Gasteiger partial charge is 0.268 e. The van der Waals surface area contributed by atoms with Crippen molar-refractivity contribution in [2.75, 3.05) is 7.05 Å². The molecule has 180 valence electrons. The van der Waals surface area contributed by atoms with Crippen LogP contribution in [0.2, 0.25) is 5.02 Å². The Bertz CT molecular complexity index is 1320. The van der Waals surface area contributed by atoms with E-state index in [2.05, 4.69) is 25.5 Å². The molecule has 0 bridgehead atoms. The van der Waals surface area contributed by atoms with Crippen LogP contribution < -0.4 is 5.32 Å². The molecule has 0 saturated carbocycles. The summed E-state index contributed by atoms with van der Waals surface area (Å²) in [5.74, 6) is 0.654. The fourth-order valence-electron chi connectivity index (χ4n) is 3.35. The molecule has 3 N–H and O–H groups in total. The van der Waals surface area contributed by atoms with Crippen molar-refractivity contribution < 1.29 is 14.9 Å². The van der Waals surface area contributed by atoms with Crippen molar-refractivity contribution in [3.8, 4) is 34.3 Å². The van der Waals surface area contributed by atoms with E-state index in [1.807, 2.05) is 38.2 Å². The molecular weight excluding hydrogens is 474 g/mol. The summed E-state index contributed by atoms with van der Waals surface area (Å²) in [7, 11) is -1.10. The zero-order chi connectivity index (χ0) is 24.5. The number of benzene rings is 2. The molecule has 0 atom stereocenters. The zero-order valence-corrected chi connectivity index (χ0v) is 20.9. The standard InChI is InChI=1S/C24H26ClN5O3S.H2/c1-14(2)34(31,32)21-10-9-18(11-19(21)25)20-13-27-15(3)22(28-20)24-30-29-23(33-24)17-7-5-16(6-8-17)12-26-4;/h5-11,13-14,26,31-32H,12H2,1-4H3;1H. The highest BCUT2D eigenvalue weighted by Gasteiger charge is 2.24. The Morgan fingerprint density at radius 2 is 1.74 bits per heavy atom. The zero-order valence-electron chi connectivity index (χ0n) is 19.3. The maximum Gasteiger partial charge on any atom is 0.268 e. The fourth-order valence-corrected chi connectivity index (χ4v) is 5.00. The third-order valence-electron chi connectivity index (χ3n) is 5.37. The van der Waals surface area contributed by atoms with E-state index in [-0.39, 0.29) is 17.6 Å². The van der Waals surface area contributed by atoms with Gasteiger partial charge in [0.2, 0.25) is 5.89 Å². The summed E-state index contributed by atoms with van der Waals surface area (Å²) in [5.41, 5.74) is 4.30. The summed E-state index contributed by atoms with van der Waals surface area (Å²) in [5, 5.41) is 11.4. The molecule has 4 rings (SSSR count). The van der Waals surface area contributed by atoms with Crippen LogP contribution in [0.1, 0.15) is 26.5 Å². The van der Waals surface area contributed by atoms with Gasteiger partial charge in [-0.2, -0.15) is 10.6 Å². The van der Waals surface area contributed by atoms with Crippen LogP contribution in [-0.2, 0) is 6.54 Å². The molecule has 2 aromatic carbocycles. The molecule has 0 aliphatic carbocycles. The summed E-state index contributed by atoms with van der Waals surface area (Å²) in [6.45, 7) is 6.08. The summed E-state index contributed by atoms with van der Waals surface area (Å²) in [6, 6.07) is 12.9. The minimum absolute atomic E-state index is 0. The number of nitrogens with zero attached hydrogens (tertiary/aromatic N) is 4. The lowest BCUT2D eigenvalue weighted by Crippen LogP contribution is -2.11. The molecule has 0 aliphatic heterocycles. The van der Waals surface area contributed by atoms with Gasteiger partial charge in [0.25, 0.3) is 5.89 Å². The Hall–Kier alpha value is -2.82. The van der Waals surface area contributed by atoms with E-state index in [9.17, 15) is 9.11 Å². The van der Waals surface area contributed by atoms with Crippen LogP contribution in [-0.4, -0.2) is 41.6 Å².